The highest BCUT2D eigenvalue weighted by Gasteiger charge is 2.19. The first-order valence-electron chi connectivity index (χ1n) is 5.46. The molecule has 0 spiro atoms. The first-order chi connectivity index (χ1) is 6.55. The molecule has 0 fully saturated rings. The van der Waals surface area contributed by atoms with Crippen LogP contribution in [-0.2, 0) is 4.74 Å². The highest BCUT2D eigenvalue weighted by atomic mass is 16.5. The lowest BCUT2D eigenvalue weighted by atomic mass is 9.94. The molecule has 14 heavy (non-hydrogen) atoms. The Balaban J connectivity index is 3.78. The van der Waals surface area contributed by atoms with Gasteiger partial charge in [-0.15, -0.1) is 0 Å². The Labute approximate surface area is 88.1 Å². The van der Waals surface area contributed by atoms with Gasteiger partial charge >= 0.3 is 0 Å². The fourth-order valence-corrected chi connectivity index (χ4v) is 1.34. The molecule has 0 radical (unpaired) electrons. The van der Waals surface area contributed by atoms with E-state index >= 15 is 0 Å². The molecule has 1 N–H and O–H groups in total. The summed E-state index contributed by atoms with van der Waals surface area (Å²) < 4.78 is 5.31. The molecule has 0 amide bonds. The second kappa shape index (κ2) is 7.21. The standard InChI is InChI=1S/C11H25NO2/c1-5-12(7-8-14-6-2)9-11(3,4)10-13/h13H,5-10H2,1-4H3. The Kier molecular flexibility index (Phi) is 7.15. The first kappa shape index (κ1) is 13.9. The maximum absolute atomic E-state index is 9.15. The largest absolute Gasteiger partial charge is 0.396 e. The van der Waals surface area contributed by atoms with E-state index in [9.17, 15) is 0 Å². The average Bonchev–Trinajstić information content (AvgIpc) is 2.16. The van der Waals surface area contributed by atoms with Crippen LogP contribution in [0.5, 0.6) is 0 Å². The van der Waals surface area contributed by atoms with Crippen LogP contribution in [0.2, 0.25) is 0 Å². The summed E-state index contributed by atoms with van der Waals surface area (Å²) in [5, 5.41) is 9.15. The van der Waals surface area contributed by atoms with Gasteiger partial charge in [-0.2, -0.15) is 0 Å². The minimum absolute atomic E-state index is 0.0117. The second-order valence-corrected chi connectivity index (χ2v) is 4.39. The Bertz CT molecular complexity index is 137. The molecule has 3 heteroatoms. The number of likely N-dealkylation sites (N-methyl/N-ethyl adjacent to an activating group) is 1. The normalized spacial score (nSPS) is 12.4. The summed E-state index contributed by atoms with van der Waals surface area (Å²) in [6.07, 6.45) is 0. The van der Waals surface area contributed by atoms with Crippen molar-refractivity contribution in [2.75, 3.05) is 39.5 Å². The van der Waals surface area contributed by atoms with Crippen molar-refractivity contribution in [1.29, 1.82) is 0 Å². The Morgan fingerprint density at radius 3 is 2.36 bits per heavy atom. The van der Waals surface area contributed by atoms with Crippen LogP contribution in [0, 0.1) is 5.41 Å². The number of rotatable bonds is 8. The van der Waals surface area contributed by atoms with Crippen molar-refractivity contribution in [3.63, 3.8) is 0 Å². The summed E-state index contributed by atoms with van der Waals surface area (Å²) in [5.41, 5.74) is -0.0117. The molecule has 86 valence electrons. The molecule has 0 aliphatic heterocycles. The summed E-state index contributed by atoms with van der Waals surface area (Å²) in [5.74, 6) is 0. The predicted octanol–water partition coefficient (Wildman–Crippen LogP) is 1.36. The molecule has 0 aromatic rings. The zero-order valence-electron chi connectivity index (χ0n) is 10.0. The van der Waals surface area contributed by atoms with Crippen LogP contribution in [0.1, 0.15) is 27.7 Å². The SMILES string of the molecule is CCOCCN(CC)CC(C)(C)CO. The van der Waals surface area contributed by atoms with Crippen LogP contribution in [0.3, 0.4) is 0 Å². The van der Waals surface area contributed by atoms with Crippen LogP contribution in [0.15, 0.2) is 0 Å². The highest BCUT2D eigenvalue weighted by molar-refractivity contribution is 4.72. The molecule has 0 bridgehead atoms. The number of aliphatic hydroxyl groups is 1. The zero-order valence-corrected chi connectivity index (χ0v) is 10.0. The van der Waals surface area contributed by atoms with E-state index in [1.54, 1.807) is 0 Å². The van der Waals surface area contributed by atoms with Gasteiger partial charge in [-0.1, -0.05) is 20.8 Å². The lowest BCUT2D eigenvalue weighted by Crippen LogP contribution is -2.38. The molecule has 0 aromatic carbocycles. The molecule has 0 atom stereocenters. The summed E-state index contributed by atoms with van der Waals surface area (Å²) in [6.45, 7) is 13.0. The maximum atomic E-state index is 9.15. The van der Waals surface area contributed by atoms with Crippen LogP contribution in [-0.4, -0.2) is 49.5 Å². The zero-order chi connectivity index (χ0) is 11.0. The van der Waals surface area contributed by atoms with E-state index in [4.69, 9.17) is 9.84 Å². The fourth-order valence-electron chi connectivity index (χ4n) is 1.34. The second-order valence-electron chi connectivity index (χ2n) is 4.39. The number of aliphatic hydroxyl groups excluding tert-OH is 1. The molecule has 0 aliphatic carbocycles. The number of hydrogen-bond donors (Lipinski definition) is 1. The van der Waals surface area contributed by atoms with Gasteiger partial charge in [-0.25, -0.2) is 0 Å². The number of nitrogens with zero attached hydrogens (tertiary/aromatic N) is 1. The monoisotopic (exact) mass is 203 g/mol. The molecule has 0 heterocycles. The Morgan fingerprint density at radius 2 is 1.93 bits per heavy atom. The molecule has 0 saturated heterocycles. The fraction of sp³-hybridized carbons (Fsp3) is 1.00. The molecule has 0 aliphatic rings. The van der Waals surface area contributed by atoms with Gasteiger partial charge in [0.05, 0.1) is 6.61 Å². The van der Waals surface area contributed by atoms with E-state index in [0.717, 1.165) is 32.8 Å². The van der Waals surface area contributed by atoms with Gasteiger partial charge in [-0.3, -0.25) is 0 Å². The van der Waals surface area contributed by atoms with Crippen molar-refractivity contribution in [3.8, 4) is 0 Å². The van der Waals surface area contributed by atoms with Crippen molar-refractivity contribution < 1.29 is 9.84 Å². The smallest absolute Gasteiger partial charge is 0.0593 e. The third kappa shape index (κ3) is 6.35. The molecule has 3 nitrogen and oxygen atoms in total. The summed E-state index contributed by atoms with van der Waals surface area (Å²) in [4.78, 5) is 2.31. The Morgan fingerprint density at radius 1 is 1.29 bits per heavy atom. The lowest BCUT2D eigenvalue weighted by molar-refractivity contribution is 0.0737. The van der Waals surface area contributed by atoms with E-state index in [-0.39, 0.29) is 12.0 Å². The molecular weight excluding hydrogens is 178 g/mol. The van der Waals surface area contributed by atoms with E-state index < -0.39 is 0 Å². The van der Waals surface area contributed by atoms with Crippen molar-refractivity contribution in [2.45, 2.75) is 27.7 Å². The third-order valence-electron chi connectivity index (χ3n) is 2.28. The van der Waals surface area contributed by atoms with E-state index in [2.05, 4.69) is 25.7 Å². The third-order valence-corrected chi connectivity index (χ3v) is 2.28. The lowest BCUT2D eigenvalue weighted by Gasteiger charge is -2.30. The molecule has 0 unspecified atom stereocenters. The van der Waals surface area contributed by atoms with Crippen LogP contribution in [0.25, 0.3) is 0 Å². The van der Waals surface area contributed by atoms with E-state index in [1.165, 1.54) is 0 Å². The van der Waals surface area contributed by atoms with Crippen LogP contribution >= 0.6 is 0 Å². The van der Waals surface area contributed by atoms with Crippen molar-refractivity contribution >= 4 is 0 Å². The van der Waals surface area contributed by atoms with Crippen molar-refractivity contribution in [1.82, 2.24) is 4.90 Å². The van der Waals surface area contributed by atoms with Gasteiger partial charge in [0.2, 0.25) is 0 Å². The van der Waals surface area contributed by atoms with E-state index in [1.807, 2.05) is 6.92 Å². The van der Waals surface area contributed by atoms with Crippen molar-refractivity contribution in [2.24, 2.45) is 5.41 Å². The van der Waals surface area contributed by atoms with Gasteiger partial charge in [0, 0.05) is 31.7 Å². The number of hydrogen-bond acceptors (Lipinski definition) is 3. The van der Waals surface area contributed by atoms with Gasteiger partial charge in [-0.05, 0) is 13.5 Å². The topological polar surface area (TPSA) is 32.7 Å². The first-order valence-corrected chi connectivity index (χ1v) is 5.46. The molecule has 0 rings (SSSR count). The molecular formula is C11H25NO2. The predicted molar refractivity (Wildman–Crippen MR) is 59.5 cm³/mol. The minimum atomic E-state index is -0.0117. The quantitative estimate of drug-likeness (QED) is 0.605. The average molecular weight is 203 g/mol. The van der Waals surface area contributed by atoms with Crippen LogP contribution in [0.4, 0.5) is 0 Å². The van der Waals surface area contributed by atoms with Gasteiger partial charge < -0.3 is 14.7 Å². The minimum Gasteiger partial charge on any atom is -0.396 e. The summed E-state index contributed by atoms with van der Waals surface area (Å²) in [7, 11) is 0. The number of ether oxygens (including phenoxy) is 1. The van der Waals surface area contributed by atoms with Crippen LogP contribution < -0.4 is 0 Å². The Hall–Kier alpha value is -0.120. The summed E-state index contributed by atoms with van der Waals surface area (Å²) in [6, 6.07) is 0. The highest BCUT2D eigenvalue weighted by Crippen LogP contribution is 2.15. The van der Waals surface area contributed by atoms with Gasteiger partial charge in [0.25, 0.3) is 0 Å². The summed E-state index contributed by atoms with van der Waals surface area (Å²) >= 11 is 0. The maximum Gasteiger partial charge on any atom is 0.0593 e. The molecule has 0 aromatic heterocycles. The van der Waals surface area contributed by atoms with Gasteiger partial charge in [0.1, 0.15) is 0 Å². The van der Waals surface area contributed by atoms with E-state index in [0.29, 0.717) is 0 Å². The van der Waals surface area contributed by atoms with Crippen molar-refractivity contribution in [3.05, 3.63) is 0 Å². The van der Waals surface area contributed by atoms with Gasteiger partial charge in [0.15, 0.2) is 0 Å². The molecule has 0 saturated carbocycles.